The fraction of sp³-hybridized carbons (Fsp3) is 0.182. The summed E-state index contributed by atoms with van der Waals surface area (Å²) in [5.41, 5.74) is 0.905. The number of para-hydroxylation sites is 1. The molecule has 0 saturated carbocycles. The average molecular weight is 189 g/mol. The number of ether oxygens (including phenoxy) is 2. The second-order valence-corrected chi connectivity index (χ2v) is 2.83. The van der Waals surface area contributed by atoms with Gasteiger partial charge in [-0.05, 0) is 12.1 Å². The molecule has 3 nitrogen and oxygen atoms in total. The molecule has 1 aromatic rings. The van der Waals surface area contributed by atoms with Crippen molar-refractivity contribution < 1.29 is 9.47 Å². The zero-order valence-electron chi connectivity index (χ0n) is 7.72. The van der Waals surface area contributed by atoms with Crippen LogP contribution in [-0.4, -0.2) is 19.4 Å². The number of allylic oxidation sites excluding steroid dienone is 1. The molecule has 1 aliphatic heterocycles. The third-order valence-corrected chi connectivity index (χ3v) is 1.77. The van der Waals surface area contributed by atoms with Crippen molar-refractivity contribution in [1.29, 1.82) is 0 Å². The Morgan fingerprint density at radius 3 is 2.71 bits per heavy atom. The van der Waals surface area contributed by atoms with E-state index in [0.29, 0.717) is 19.0 Å². The Morgan fingerprint density at radius 1 is 1.14 bits per heavy atom. The number of benzene rings is 1. The summed E-state index contributed by atoms with van der Waals surface area (Å²) < 4.78 is 10.4. The summed E-state index contributed by atoms with van der Waals surface area (Å²) in [4.78, 5) is 4.23. The van der Waals surface area contributed by atoms with Gasteiger partial charge in [-0.1, -0.05) is 18.2 Å². The van der Waals surface area contributed by atoms with E-state index in [1.165, 1.54) is 0 Å². The van der Waals surface area contributed by atoms with Crippen molar-refractivity contribution in [2.24, 2.45) is 4.99 Å². The molecule has 72 valence electrons. The monoisotopic (exact) mass is 189 g/mol. The van der Waals surface area contributed by atoms with Gasteiger partial charge in [0.15, 0.2) is 5.76 Å². The zero-order valence-corrected chi connectivity index (χ0v) is 7.72. The van der Waals surface area contributed by atoms with E-state index in [1.807, 2.05) is 30.3 Å². The van der Waals surface area contributed by atoms with Crippen LogP contribution < -0.4 is 0 Å². The summed E-state index contributed by atoms with van der Waals surface area (Å²) in [5, 5.41) is 0. The number of hydrogen-bond acceptors (Lipinski definition) is 3. The van der Waals surface area contributed by atoms with Crippen LogP contribution in [0.2, 0.25) is 0 Å². The Kier molecular flexibility index (Phi) is 2.81. The summed E-state index contributed by atoms with van der Waals surface area (Å²) >= 11 is 0. The number of hydrogen-bond donors (Lipinski definition) is 0. The lowest BCUT2D eigenvalue weighted by Crippen LogP contribution is -2.08. The van der Waals surface area contributed by atoms with Gasteiger partial charge in [0.25, 0.3) is 0 Å². The first kappa shape index (κ1) is 8.81. The molecule has 2 rings (SSSR count). The minimum atomic E-state index is 0.590. The van der Waals surface area contributed by atoms with Crippen LogP contribution in [0.25, 0.3) is 0 Å². The lowest BCUT2D eigenvalue weighted by molar-refractivity contribution is 0.0971. The van der Waals surface area contributed by atoms with Crippen molar-refractivity contribution in [2.45, 2.75) is 0 Å². The third kappa shape index (κ3) is 2.36. The van der Waals surface area contributed by atoms with E-state index in [4.69, 9.17) is 9.47 Å². The fourth-order valence-corrected chi connectivity index (χ4v) is 1.10. The molecule has 0 unspecified atom stereocenters. The van der Waals surface area contributed by atoms with Crippen molar-refractivity contribution in [2.75, 3.05) is 13.2 Å². The molecule has 0 aromatic heterocycles. The van der Waals surface area contributed by atoms with Crippen LogP contribution in [0.3, 0.4) is 0 Å². The van der Waals surface area contributed by atoms with E-state index in [2.05, 4.69) is 4.99 Å². The van der Waals surface area contributed by atoms with Gasteiger partial charge >= 0.3 is 0 Å². The van der Waals surface area contributed by atoms with E-state index >= 15 is 0 Å². The van der Waals surface area contributed by atoms with E-state index in [-0.39, 0.29) is 0 Å². The molecule has 14 heavy (non-hydrogen) atoms. The molecule has 0 aliphatic carbocycles. The first-order chi connectivity index (χ1) is 6.95. The van der Waals surface area contributed by atoms with Crippen LogP contribution in [0.4, 0.5) is 5.69 Å². The number of nitrogens with zero attached hydrogens (tertiary/aromatic N) is 1. The highest BCUT2D eigenvalue weighted by atomic mass is 16.6. The highest BCUT2D eigenvalue weighted by Crippen LogP contribution is 2.10. The van der Waals surface area contributed by atoms with E-state index < -0.39 is 0 Å². The summed E-state index contributed by atoms with van der Waals surface area (Å²) in [5.74, 6) is 0.667. The van der Waals surface area contributed by atoms with Crippen LogP contribution in [0.1, 0.15) is 0 Å². The first-order valence-electron chi connectivity index (χ1n) is 4.49. The minimum absolute atomic E-state index is 0.590. The highest BCUT2D eigenvalue weighted by Gasteiger charge is 2.00. The summed E-state index contributed by atoms with van der Waals surface area (Å²) in [6.07, 6.45) is 3.24. The summed E-state index contributed by atoms with van der Waals surface area (Å²) in [7, 11) is 0. The second kappa shape index (κ2) is 4.46. The van der Waals surface area contributed by atoms with Gasteiger partial charge in [0.1, 0.15) is 19.5 Å². The van der Waals surface area contributed by atoms with Gasteiger partial charge in [0.05, 0.1) is 11.9 Å². The van der Waals surface area contributed by atoms with Gasteiger partial charge in [-0.25, -0.2) is 0 Å². The Hall–Kier alpha value is -1.77. The fourth-order valence-electron chi connectivity index (χ4n) is 1.10. The molecule has 0 bridgehead atoms. The molecule has 0 fully saturated rings. The molecule has 1 aromatic carbocycles. The lowest BCUT2D eigenvalue weighted by atomic mass is 10.3. The standard InChI is InChI=1S/C11H11NO2/c1-2-4-10(5-3-1)12-8-11-9-13-6-7-14-11/h1-5,8-9H,6-7H2. The molecule has 0 amide bonds. The van der Waals surface area contributed by atoms with Gasteiger partial charge in [-0.2, -0.15) is 0 Å². The maximum Gasteiger partial charge on any atom is 0.172 e. The Balaban J connectivity index is 2.03. The quantitative estimate of drug-likeness (QED) is 0.668. The van der Waals surface area contributed by atoms with Gasteiger partial charge < -0.3 is 9.47 Å². The maximum absolute atomic E-state index is 5.29. The van der Waals surface area contributed by atoms with Gasteiger partial charge in [0.2, 0.25) is 0 Å². The first-order valence-corrected chi connectivity index (χ1v) is 4.49. The third-order valence-electron chi connectivity index (χ3n) is 1.77. The second-order valence-electron chi connectivity index (χ2n) is 2.83. The minimum Gasteiger partial charge on any atom is -0.494 e. The van der Waals surface area contributed by atoms with Gasteiger partial charge in [-0.15, -0.1) is 0 Å². The SMILES string of the molecule is C(=Nc1ccccc1)C1=COCCO1. The molecule has 0 saturated heterocycles. The molecule has 3 heteroatoms. The van der Waals surface area contributed by atoms with Gasteiger partial charge in [-0.3, -0.25) is 4.99 Å². The van der Waals surface area contributed by atoms with Crippen molar-refractivity contribution >= 4 is 11.9 Å². The lowest BCUT2D eigenvalue weighted by Gasteiger charge is -2.11. The predicted octanol–water partition coefficient (Wildman–Crippen LogP) is 2.28. The van der Waals surface area contributed by atoms with Crippen molar-refractivity contribution in [1.82, 2.24) is 0 Å². The largest absolute Gasteiger partial charge is 0.494 e. The Bertz CT molecular complexity index is 344. The molecule has 0 N–H and O–H groups in total. The summed E-state index contributed by atoms with van der Waals surface area (Å²) in [6.45, 7) is 1.20. The summed E-state index contributed by atoms with van der Waals surface area (Å²) in [6, 6.07) is 9.71. The normalized spacial score (nSPS) is 15.9. The van der Waals surface area contributed by atoms with Crippen LogP contribution >= 0.6 is 0 Å². The van der Waals surface area contributed by atoms with Crippen molar-refractivity contribution in [3.8, 4) is 0 Å². The zero-order chi connectivity index (χ0) is 9.64. The topological polar surface area (TPSA) is 30.8 Å². The van der Waals surface area contributed by atoms with Crippen LogP contribution in [0, 0.1) is 0 Å². The Labute approximate surface area is 82.7 Å². The molecular weight excluding hydrogens is 178 g/mol. The maximum atomic E-state index is 5.29. The number of aliphatic imine (C=N–C) groups is 1. The van der Waals surface area contributed by atoms with Crippen molar-refractivity contribution in [3.63, 3.8) is 0 Å². The molecule has 0 radical (unpaired) electrons. The molecule has 1 aliphatic rings. The van der Waals surface area contributed by atoms with Crippen LogP contribution in [0.15, 0.2) is 47.3 Å². The predicted molar refractivity (Wildman–Crippen MR) is 54.6 cm³/mol. The smallest absolute Gasteiger partial charge is 0.172 e. The van der Waals surface area contributed by atoms with Crippen LogP contribution in [0.5, 0.6) is 0 Å². The Morgan fingerprint density at radius 2 is 2.00 bits per heavy atom. The van der Waals surface area contributed by atoms with Crippen LogP contribution in [-0.2, 0) is 9.47 Å². The van der Waals surface area contributed by atoms with E-state index in [1.54, 1.807) is 12.5 Å². The number of rotatable bonds is 2. The average Bonchev–Trinajstić information content (AvgIpc) is 2.29. The van der Waals surface area contributed by atoms with Gasteiger partial charge in [0, 0.05) is 0 Å². The molecule has 0 spiro atoms. The molecule has 1 heterocycles. The van der Waals surface area contributed by atoms with E-state index in [9.17, 15) is 0 Å². The molecular formula is C11H11NO2. The van der Waals surface area contributed by atoms with E-state index in [0.717, 1.165) is 5.69 Å². The molecule has 0 atom stereocenters. The van der Waals surface area contributed by atoms with Crippen molar-refractivity contribution in [3.05, 3.63) is 42.4 Å². The highest BCUT2D eigenvalue weighted by molar-refractivity contribution is 5.78.